The van der Waals surface area contributed by atoms with Crippen LogP contribution in [0.5, 0.6) is 5.75 Å². The second-order valence-electron chi connectivity index (χ2n) is 5.27. The Kier molecular flexibility index (Phi) is 6.52. The summed E-state index contributed by atoms with van der Waals surface area (Å²) in [6.07, 6.45) is 0. The molecule has 0 aliphatic rings. The number of esters is 1. The Bertz CT molecular complexity index is 764. The van der Waals surface area contributed by atoms with Crippen molar-refractivity contribution in [2.45, 2.75) is 13.0 Å². The molecule has 0 aliphatic heterocycles. The van der Waals surface area contributed by atoms with Crippen molar-refractivity contribution in [2.24, 2.45) is 0 Å². The van der Waals surface area contributed by atoms with Gasteiger partial charge in [-0.25, -0.2) is 9.18 Å². The maximum Gasteiger partial charge on any atom is 0.338 e. The van der Waals surface area contributed by atoms with Crippen molar-refractivity contribution in [2.75, 3.05) is 13.7 Å². The highest BCUT2D eigenvalue weighted by molar-refractivity contribution is 9.10. The normalized spacial score (nSPS) is 11.5. The van der Waals surface area contributed by atoms with Crippen LogP contribution in [0, 0.1) is 5.82 Å². The van der Waals surface area contributed by atoms with Crippen LogP contribution in [0.1, 0.15) is 28.9 Å². The highest BCUT2D eigenvalue weighted by atomic mass is 79.9. The average molecular weight is 410 g/mol. The fourth-order valence-corrected chi connectivity index (χ4v) is 2.39. The van der Waals surface area contributed by atoms with Crippen LogP contribution >= 0.6 is 15.9 Å². The van der Waals surface area contributed by atoms with E-state index in [0.29, 0.717) is 0 Å². The van der Waals surface area contributed by atoms with Gasteiger partial charge in [-0.1, -0.05) is 28.1 Å². The zero-order chi connectivity index (χ0) is 18.4. The molecule has 1 amide bonds. The molecule has 0 aromatic heterocycles. The summed E-state index contributed by atoms with van der Waals surface area (Å²) in [5.41, 5.74) is 0.923. The highest BCUT2D eigenvalue weighted by Crippen LogP contribution is 2.18. The largest absolute Gasteiger partial charge is 0.494 e. The van der Waals surface area contributed by atoms with Crippen molar-refractivity contribution in [3.8, 4) is 5.75 Å². The molecule has 1 N–H and O–H groups in total. The summed E-state index contributed by atoms with van der Waals surface area (Å²) in [7, 11) is 1.33. The molecule has 25 heavy (non-hydrogen) atoms. The first kappa shape index (κ1) is 18.9. The standard InChI is InChI=1S/C18H17BrFNO4/c1-11(12-3-6-14(19)7-4-12)21-17(22)10-25-18(23)13-5-8-16(24-2)15(20)9-13/h3-9,11H,10H2,1-2H3,(H,21,22)/t11-/m1/s1. The van der Waals surface area contributed by atoms with Gasteiger partial charge in [0.2, 0.25) is 0 Å². The van der Waals surface area contributed by atoms with E-state index in [4.69, 9.17) is 9.47 Å². The highest BCUT2D eigenvalue weighted by Gasteiger charge is 2.15. The van der Waals surface area contributed by atoms with Gasteiger partial charge in [-0.15, -0.1) is 0 Å². The van der Waals surface area contributed by atoms with E-state index in [2.05, 4.69) is 21.2 Å². The smallest absolute Gasteiger partial charge is 0.338 e. The van der Waals surface area contributed by atoms with Gasteiger partial charge >= 0.3 is 5.97 Å². The summed E-state index contributed by atoms with van der Waals surface area (Å²) in [5, 5.41) is 2.73. The first-order chi connectivity index (χ1) is 11.9. The van der Waals surface area contributed by atoms with Crippen LogP contribution in [0.4, 0.5) is 4.39 Å². The Morgan fingerprint density at radius 2 is 1.88 bits per heavy atom. The van der Waals surface area contributed by atoms with Gasteiger partial charge in [-0.2, -0.15) is 0 Å². The zero-order valence-corrected chi connectivity index (χ0v) is 15.3. The molecule has 0 radical (unpaired) electrons. The Morgan fingerprint density at radius 3 is 2.48 bits per heavy atom. The lowest BCUT2D eigenvalue weighted by Crippen LogP contribution is -2.31. The minimum atomic E-state index is -0.784. The number of halogens is 2. The minimum Gasteiger partial charge on any atom is -0.494 e. The molecule has 0 saturated carbocycles. The third kappa shape index (κ3) is 5.29. The Balaban J connectivity index is 1.87. The van der Waals surface area contributed by atoms with Gasteiger partial charge in [0.1, 0.15) is 0 Å². The van der Waals surface area contributed by atoms with Gasteiger partial charge in [0, 0.05) is 4.47 Å². The van der Waals surface area contributed by atoms with Crippen LogP contribution in [0.2, 0.25) is 0 Å². The van der Waals surface area contributed by atoms with Crippen LogP contribution in [-0.4, -0.2) is 25.6 Å². The van der Waals surface area contributed by atoms with E-state index in [0.717, 1.165) is 16.1 Å². The molecule has 2 aromatic rings. The molecular weight excluding hydrogens is 393 g/mol. The molecule has 2 rings (SSSR count). The molecule has 0 heterocycles. The fraction of sp³-hybridized carbons (Fsp3) is 0.222. The lowest BCUT2D eigenvalue weighted by Gasteiger charge is -2.14. The Morgan fingerprint density at radius 1 is 1.20 bits per heavy atom. The maximum atomic E-state index is 13.6. The van der Waals surface area contributed by atoms with Gasteiger partial charge in [0.25, 0.3) is 5.91 Å². The molecule has 1 atom stereocenters. The third-order valence-corrected chi connectivity index (χ3v) is 4.00. The second-order valence-corrected chi connectivity index (χ2v) is 6.18. The number of carbonyl (C=O) groups is 2. The number of nitrogens with one attached hydrogen (secondary N) is 1. The number of methoxy groups -OCH3 is 1. The number of ether oxygens (including phenoxy) is 2. The fourth-order valence-electron chi connectivity index (χ4n) is 2.13. The molecule has 0 spiro atoms. The quantitative estimate of drug-likeness (QED) is 0.739. The van der Waals surface area contributed by atoms with Crippen LogP contribution in [0.3, 0.4) is 0 Å². The van der Waals surface area contributed by atoms with Crippen LogP contribution in [0.15, 0.2) is 46.9 Å². The van der Waals surface area contributed by atoms with E-state index in [9.17, 15) is 14.0 Å². The molecule has 0 unspecified atom stereocenters. The Labute approximate surface area is 153 Å². The summed E-state index contributed by atoms with van der Waals surface area (Å²) in [4.78, 5) is 23.8. The van der Waals surface area contributed by atoms with E-state index < -0.39 is 24.3 Å². The van der Waals surface area contributed by atoms with Gasteiger partial charge in [0.15, 0.2) is 18.2 Å². The van der Waals surface area contributed by atoms with Crippen molar-refractivity contribution in [3.63, 3.8) is 0 Å². The molecular formula is C18H17BrFNO4. The average Bonchev–Trinajstić information content (AvgIpc) is 2.60. The van der Waals surface area contributed by atoms with Crippen LogP contribution in [-0.2, 0) is 9.53 Å². The molecule has 0 bridgehead atoms. The van der Waals surface area contributed by atoms with Crippen molar-refractivity contribution in [3.05, 3.63) is 63.9 Å². The summed E-state index contributed by atoms with van der Waals surface area (Å²) in [6.45, 7) is 1.37. The predicted molar refractivity (Wildman–Crippen MR) is 93.9 cm³/mol. The van der Waals surface area contributed by atoms with Crippen molar-refractivity contribution in [1.82, 2.24) is 5.32 Å². The summed E-state index contributed by atoms with van der Waals surface area (Å²) < 4.78 is 24.2. The summed E-state index contributed by atoms with van der Waals surface area (Å²) >= 11 is 3.34. The van der Waals surface area contributed by atoms with Crippen LogP contribution < -0.4 is 10.1 Å². The number of benzene rings is 2. The number of hydrogen-bond donors (Lipinski definition) is 1. The minimum absolute atomic E-state index is 0.00654. The lowest BCUT2D eigenvalue weighted by molar-refractivity contribution is -0.124. The molecule has 0 aliphatic carbocycles. The first-order valence-corrected chi connectivity index (χ1v) is 8.25. The second kappa shape index (κ2) is 8.62. The van der Waals surface area contributed by atoms with Crippen molar-refractivity contribution < 1.29 is 23.5 Å². The number of rotatable bonds is 6. The predicted octanol–water partition coefficient (Wildman–Crippen LogP) is 3.63. The lowest BCUT2D eigenvalue weighted by atomic mass is 10.1. The van der Waals surface area contributed by atoms with Gasteiger partial charge < -0.3 is 14.8 Å². The van der Waals surface area contributed by atoms with Crippen molar-refractivity contribution in [1.29, 1.82) is 0 Å². The van der Waals surface area contributed by atoms with Gasteiger partial charge in [0.05, 0.1) is 18.7 Å². The molecule has 2 aromatic carbocycles. The zero-order valence-electron chi connectivity index (χ0n) is 13.7. The van der Waals surface area contributed by atoms with Crippen LogP contribution in [0.25, 0.3) is 0 Å². The number of amides is 1. The van der Waals surface area contributed by atoms with Gasteiger partial charge in [-0.05, 0) is 42.8 Å². The van der Waals surface area contributed by atoms with E-state index in [1.54, 1.807) is 0 Å². The summed E-state index contributed by atoms with van der Waals surface area (Å²) in [6, 6.07) is 10.9. The molecule has 0 fully saturated rings. The van der Waals surface area contributed by atoms with Crippen molar-refractivity contribution >= 4 is 27.8 Å². The molecule has 132 valence electrons. The monoisotopic (exact) mass is 409 g/mol. The number of carbonyl (C=O) groups excluding carboxylic acids is 2. The topological polar surface area (TPSA) is 64.6 Å². The number of hydrogen-bond acceptors (Lipinski definition) is 4. The Hall–Kier alpha value is -2.41. The van der Waals surface area contributed by atoms with E-state index in [1.807, 2.05) is 31.2 Å². The summed E-state index contributed by atoms with van der Waals surface area (Å²) in [5.74, 6) is -1.88. The maximum absolute atomic E-state index is 13.6. The van der Waals surface area contributed by atoms with E-state index >= 15 is 0 Å². The van der Waals surface area contributed by atoms with E-state index in [1.165, 1.54) is 19.2 Å². The SMILES string of the molecule is COc1ccc(C(=O)OCC(=O)N[C@H](C)c2ccc(Br)cc2)cc1F. The first-order valence-electron chi connectivity index (χ1n) is 7.46. The molecule has 7 heteroatoms. The molecule has 5 nitrogen and oxygen atoms in total. The molecule has 0 saturated heterocycles. The van der Waals surface area contributed by atoms with Gasteiger partial charge in [-0.3, -0.25) is 4.79 Å². The third-order valence-electron chi connectivity index (χ3n) is 3.47. The van der Waals surface area contributed by atoms with E-state index in [-0.39, 0.29) is 17.4 Å².